The van der Waals surface area contributed by atoms with Crippen LogP contribution < -0.4 is 0 Å². The fourth-order valence-corrected chi connectivity index (χ4v) is 3.94. The van der Waals surface area contributed by atoms with E-state index in [0.29, 0.717) is 0 Å². The van der Waals surface area contributed by atoms with Gasteiger partial charge in [0.2, 0.25) is 0 Å². The third kappa shape index (κ3) is 2.16. The van der Waals surface area contributed by atoms with Crippen LogP contribution in [-0.4, -0.2) is 11.6 Å². The van der Waals surface area contributed by atoms with Gasteiger partial charge in [0.05, 0.1) is 0 Å². The smallest absolute Gasteiger partial charge is 0.159 e. The number of carbonyl (C=O) groups excluding carboxylic acids is 2. The van der Waals surface area contributed by atoms with Crippen LogP contribution in [0.4, 0.5) is 0 Å². The number of hydrogen-bond donors (Lipinski definition) is 0. The summed E-state index contributed by atoms with van der Waals surface area (Å²) < 4.78 is 0. The predicted octanol–water partition coefficient (Wildman–Crippen LogP) is 5.18. The second-order valence-corrected chi connectivity index (χ2v) is 6.42. The predicted molar refractivity (Wildman–Crippen MR) is 93.2 cm³/mol. The van der Waals surface area contributed by atoms with Crippen molar-refractivity contribution < 1.29 is 9.59 Å². The first kappa shape index (κ1) is 15.7. The van der Waals surface area contributed by atoms with Gasteiger partial charge in [-0.3, -0.25) is 9.59 Å². The van der Waals surface area contributed by atoms with E-state index >= 15 is 0 Å². The van der Waals surface area contributed by atoms with Crippen LogP contribution in [0.3, 0.4) is 0 Å². The molecule has 2 aromatic rings. The molecule has 0 saturated heterocycles. The van der Waals surface area contributed by atoms with Gasteiger partial charge in [0.1, 0.15) is 0 Å². The summed E-state index contributed by atoms with van der Waals surface area (Å²) in [5, 5.41) is 0. The minimum atomic E-state index is -0.110. The molecule has 0 aromatic heterocycles. The molecule has 0 bridgehead atoms. The topological polar surface area (TPSA) is 34.1 Å². The van der Waals surface area contributed by atoms with E-state index in [1.54, 1.807) is 13.8 Å². The minimum absolute atomic E-state index is 0.0919. The van der Waals surface area contributed by atoms with Crippen molar-refractivity contribution in [3.8, 4) is 11.1 Å². The van der Waals surface area contributed by atoms with Crippen molar-refractivity contribution in [2.24, 2.45) is 0 Å². The maximum atomic E-state index is 11.8. The lowest BCUT2D eigenvalue weighted by atomic mass is 9.73. The summed E-state index contributed by atoms with van der Waals surface area (Å²) in [5.74, 6) is 0.184. The molecule has 0 aliphatic heterocycles. The molecule has 23 heavy (non-hydrogen) atoms. The monoisotopic (exact) mass is 306 g/mol. The molecule has 0 N–H and O–H groups in total. The maximum Gasteiger partial charge on any atom is 0.159 e. The Morgan fingerprint density at radius 3 is 1.48 bits per heavy atom. The van der Waals surface area contributed by atoms with Gasteiger partial charge in [-0.1, -0.05) is 38.1 Å². The van der Waals surface area contributed by atoms with Gasteiger partial charge in [0.25, 0.3) is 0 Å². The normalized spacial score (nSPS) is 14.3. The third-order valence-electron chi connectivity index (χ3n) is 5.38. The molecule has 0 radical (unpaired) electrons. The van der Waals surface area contributed by atoms with Crippen LogP contribution in [0.15, 0.2) is 36.4 Å². The average molecular weight is 306 g/mol. The number of ketones is 2. The zero-order valence-electron chi connectivity index (χ0n) is 14.2. The largest absolute Gasteiger partial charge is 0.295 e. The quantitative estimate of drug-likeness (QED) is 0.729. The summed E-state index contributed by atoms with van der Waals surface area (Å²) in [6, 6.07) is 12.0. The number of Topliss-reactive ketones (excluding diaryl/α,β-unsaturated/α-hetero) is 2. The van der Waals surface area contributed by atoms with Crippen LogP contribution in [0.2, 0.25) is 0 Å². The minimum Gasteiger partial charge on any atom is -0.295 e. The first-order valence-corrected chi connectivity index (χ1v) is 8.26. The van der Waals surface area contributed by atoms with E-state index in [1.807, 2.05) is 12.1 Å². The molecule has 2 heteroatoms. The highest BCUT2D eigenvalue weighted by Gasteiger charge is 2.40. The first-order chi connectivity index (χ1) is 10.9. The zero-order chi connectivity index (χ0) is 16.8. The summed E-state index contributed by atoms with van der Waals surface area (Å²) in [7, 11) is 0. The molecule has 0 spiro atoms. The summed E-state index contributed by atoms with van der Waals surface area (Å²) in [6.45, 7) is 7.58. The molecule has 0 amide bonds. The Hall–Kier alpha value is -2.22. The van der Waals surface area contributed by atoms with Crippen molar-refractivity contribution in [1.82, 2.24) is 0 Å². The van der Waals surface area contributed by atoms with Crippen molar-refractivity contribution in [3.05, 3.63) is 58.7 Å². The molecule has 2 aromatic carbocycles. The lowest BCUT2D eigenvalue weighted by Gasteiger charge is -2.30. The van der Waals surface area contributed by atoms with Crippen molar-refractivity contribution in [2.45, 2.75) is 46.0 Å². The molecule has 0 atom stereocenters. The van der Waals surface area contributed by atoms with E-state index in [4.69, 9.17) is 0 Å². The fraction of sp³-hybridized carbons (Fsp3) is 0.333. The Balaban J connectivity index is 2.32. The Labute approximate surface area is 137 Å². The van der Waals surface area contributed by atoms with Crippen LogP contribution >= 0.6 is 0 Å². The molecule has 118 valence electrons. The Morgan fingerprint density at radius 2 is 1.17 bits per heavy atom. The molecule has 1 aliphatic carbocycles. The molecular formula is C21H22O2. The number of hydrogen-bond acceptors (Lipinski definition) is 2. The van der Waals surface area contributed by atoms with Gasteiger partial charge in [0.15, 0.2) is 11.6 Å². The van der Waals surface area contributed by atoms with Crippen molar-refractivity contribution in [1.29, 1.82) is 0 Å². The molecule has 0 fully saturated rings. The molecule has 1 aliphatic rings. The van der Waals surface area contributed by atoms with Gasteiger partial charge < -0.3 is 0 Å². The third-order valence-corrected chi connectivity index (χ3v) is 5.38. The average Bonchev–Trinajstić information content (AvgIpc) is 2.83. The highest BCUT2D eigenvalue weighted by Crippen LogP contribution is 2.53. The van der Waals surface area contributed by atoms with Gasteiger partial charge in [0, 0.05) is 16.5 Å². The summed E-state index contributed by atoms with van der Waals surface area (Å²) in [5.41, 5.74) is 6.26. The van der Waals surface area contributed by atoms with E-state index in [-0.39, 0.29) is 17.0 Å². The van der Waals surface area contributed by atoms with Gasteiger partial charge in [-0.05, 0) is 61.1 Å². The maximum absolute atomic E-state index is 11.8. The van der Waals surface area contributed by atoms with Crippen LogP contribution in [0.25, 0.3) is 11.1 Å². The van der Waals surface area contributed by atoms with Crippen LogP contribution in [0, 0.1) is 0 Å². The van der Waals surface area contributed by atoms with Crippen LogP contribution in [0.5, 0.6) is 0 Å². The zero-order valence-corrected chi connectivity index (χ0v) is 14.2. The Kier molecular flexibility index (Phi) is 3.71. The SMILES string of the molecule is CCC1(CC)c2cc(C(C)=O)ccc2-c2ccc(C(C)=O)cc21. The van der Waals surface area contributed by atoms with Crippen LogP contribution in [0.1, 0.15) is 72.4 Å². The highest BCUT2D eigenvalue weighted by molar-refractivity contribution is 5.98. The number of benzene rings is 2. The van der Waals surface area contributed by atoms with Crippen LogP contribution in [-0.2, 0) is 5.41 Å². The molecular weight excluding hydrogens is 284 g/mol. The molecule has 2 nitrogen and oxygen atoms in total. The standard InChI is InChI=1S/C21H22O2/c1-5-21(6-2)19-11-15(13(3)22)7-9-17(19)18-10-8-16(14(4)23)12-20(18)21/h7-12H,5-6H2,1-4H3. The number of rotatable bonds is 4. The highest BCUT2D eigenvalue weighted by atomic mass is 16.1. The van der Waals surface area contributed by atoms with E-state index in [1.165, 1.54) is 22.3 Å². The lowest BCUT2D eigenvalue weighted by Crippen LogP contribution is -2.23. The van der Waals surface area contributed by atoms with E-state index in [0.717, 1.165) is 24.0 Å². The second-order valence-electron chi connectivity index (χ2n) is 6.42. The van der Waals surface area contributed by atoms with E-state index in [2.05, 4.69) is 38.1 Å². The van der Waals surface area contributed by atoms with Gasteiger partial charge in [-0.2, -0.15) is 0 Å². The number of fused-ring (bicyclic) bond motifs is 3. The van der Waals surface area contributed by atoms with Gasteiger partial charge in [-0.25, -0.2) is 0 Å². The molecule has 0 unspecified atom stereocenters. The Bertz CT molecular complexity index is 745. The first-order valence-electron chi connectivity index (χ1n) is 8.26. The van der Waals surface area contributed by atoms with E-state index in [9.17, 15) is 9.59 Å². The summed E-state index contributed by atoms with van der Waals surface area (Å²) in [6.07, 6.45) is 1.90. The summed E-state index contributed by atoms with van der Waals surface area (Å²) in [4.78, 5) is 23.6. The molecule has 0 saturated carbocycles. The number of carbonyl (C=O) groups is 2. The Morgan fingerprint density at radius 1 is 0.783 bits per heavy atom. The van der Waals surface area contributed by atoms with Gasteiger partial charge in [-0.15, -0.1) is 0 Å². The van der Waals surface area contributed by atoms with E-state index < -0.39 is 0 Å². The fourth-order valence-electron chi connectivity index (χ4n) is 3.94. The van der Waals surface area contributed by atoms with Crippen molar-refractivity contribution >= 4 is 11.6 Å². The van der Waals surface area contributed by atoms with Gasteiger partial charge >= 0.3 is 0 Å². The summed E-state index contributed by atoms with van der Waals surface area (Å²) >= 11 is 0. The second kappa shape index (κ2) is 5.45. The van der Waals surface area contributed by atoms with Crippen molar-refractivity contribution in [2.75, 3.05) is 0 Å². The van der Waals surface area contributed by atoms with Crippen molar-refractivity contribution in [3.63, 3.8) is 0 Å². The lowest BCUT2D eigenvalue weighted by molar-refractivity contribution is 0.100. The molecule has 0 heterocycles. The molecule has 3 rings (SSSR count).